The maximum atomic E-state index is 13.8. The van der Waals surface area contributed by atoms with E-state index in [0.717, 1.165) is 30.5 Å². The summed E-state index contributed by atoms with van der Waals surface area (Å²) in [5.74, 6) is 0.258. The summed E-state index contributed by atoms with van der Waals surface area (Å²) in [6, 6.07) is 5.46. The fourth-order valence-electron chi connectivity index (χ4n) is 3.73. The molecule has 1 fully saturated rings. The molecule has 2 aliphatic rings. The van der Waals surface area contributed by atoms with Gasteiger partial charge in [0.15, 0.2) is 0 Å². The molecule has 5 nitrogen and oxygen atoms in total. The molecule has 0 aromatic heterocycles. The molecule has 0 bridgehead atoms. The van der Waals surface area contributed by atoms with Crippen molar-refractivity contribution in [2.24, 2.45) is 5.73 Å². The summed E-state index contributed by atoms with van der Waals surface area (Å²) in [4.78, 5) is 2.03. The molecule has 3 rings (SSSR count). The summed E-state index contributed by atoms with van der Waals surface area (Å²) >= 11 is 0. The zero-order valence-electron chi connectivity index (χ0n) is 14.9. The second-order valence-electron chi connectivity index (χ2n) is 7.05. The van der Waals surface area contributed by atoms with E-state index in [1.807, 2.05) is 4.90 Å². The molecule has 1 saturated heterocycles. The fraction of sp³-hybridized carbons (Fsp3) is 0.526. The summed E-state index contributed by atoms with van der Waals surface area (Å²) in [6.07, 6.45) is 4.23. The van der Waals surface area contributed by atoms with Crippen molar-refractivity contribution < 1.29 is 9.13 Å². The molecule has 1 aromatic carbocycles. The first kappa shape index (κ1) is 17.7. The molecule has 2 heterocycles. The van der Waals surface area contributed by atoms with Gasteiger partial charge < -0.3 is 26.1 Å². The van der Waals surface area contributed by atoms with E-state index < -0.39 is 0 Å². The number of hydrogen-bond donors (Lipinski definition) is 3. The van der Waals surface area contributed by atoms with Gasteiger partial charge in [-0.1, -0.05) is 6.92 Å². The summed E-state index contributed by atoms with van der Waals surface area (Å²) in [5.41, 5.74) is 8.32. The first-order valence-electron chi connectivity index (χ1n) is 8.95. The van der Waals surface area contributed by atoms with Crippen LogP contribution in [0.25, 0.3) is 0 Å². The van der Waals surface area contributed by atoms with Gasteiger partial charge in [-0.15, -0.1) is 0 Å². The molecule has 0 amide bonds. The number of benzene rings is 1. The lowest BCUT2D eigenvalue weighted by Crippen LogP contribution is -2.47. The van der Waals surface area contributed by atoms with Gasteiger partial charge in [0.25, 0.3) is 0 Å². The third-order valence-corrected chi connectivity index (χ3v) is 5.04. The predicted molar refractivity (Wildman–Crippen MR) is 98.9 cm³/mol. The standard InChI is InChI=1S/C19H27FN4O/c1-3-15-8-16(6-12(2)23-15)25-19-7-14(20)4-5-18(19)24-10-13(9-21)17(22)11-24/h4-5,7,9,12,15-16,21,23H,3,6,8,10-11,22H2,1-2H3. The van der Waals surface area contributed by atoms with Crippen LogP contribution in [-0.4, -0.2) is 37.5 Å². The first-order chi connectivity index (χ1) is 12.0. The van der Waals surface area contributed by atoms with Gasteiger partial charge in [-0.3, -0.25) is 0 Å². The van der Waals surface area contributed by atoms with E-state index in [4.69, 9.17) is 15.9 Å². The Balaban J connectivity index is 1.79. The number of nitrogens with one attached hydrogen (secondary N) is 2. The summed E-state index contributed by atoms with van der Waals surface area (Å²) < 4.78 is 20.1. The van der Waals surface area contributed by atoms with Crippen molar-refractivity contribution in [1.82, 2.24) is 5.32 Å². The zero-order valence-corrected chi connectivity index (χ0v) is 14.9. The minimum atomic E-state index is -0.305. The van der Waals surface area contributed by atoms with Crippen LogP contribution in [0.15, 0.2) is 29.5 Å². The van der Waals surface area contributed by atoms with Crippen LogP contribution < -0.4 is 20.7 Å². The van der Waals surface area contributed by atoms with Crippen molar-refractivity contribution in [3.63, 3.8) is 0 Å². The Morgan fingerprint density at radius 3 is 2.88 bits per heavy atom. The summed E-state index contributed by atoms with van der Waals surface area (Å²) in [6.45, 7) is 5.41. The number of nitrogens with zero attached hydrogens (tertiary/aromatic N) is 1. The Kier molecular flexibility index (Phi) is 5.27. The number of piperidine rings is 1. The fourth-order valence-corrected chi connectivity index (χ4v) is 3.73. The monoisotopic (exact) mass is 346 g/mol. The van der Waals surface area contributed by atoms with E-state index >= 15 is 0 Å². The minimum Gasteiger partial charge on any atom is -0.488 e. The third kappa shape index (κ3) is 3.95. The van der Waals surface area contributed by atoms with Crippen molar-refractivity contribution in [1.29, 1.82) is 5.41 Å². The van der Waals surface area contributed by atoms with E-state index in [1.165, 1.54) is 18.3 Å². The Labute approximate surface area is 148 Å². The Hall–Kier alpha value is -2.08. The number of nitrogens with two attached hydrogens (primary N) is 1. The van der Waals surface area contributed by atoms with Gasteiger partial charge in [-0.25, -0.2) is 4.39 Å². The summed E-state index contributed by atoms with van der Waals surface area (Å²) in [5, 5.41) is 11.0. The van der Waals surface area contributed by atoms with Crippen LogP contribution in [0.1, 0.15) is 33.1 Å². The topological polar surface area (TPSA) is 74.4 Å². The normalized spacial score (nSPS) is 26.8. The van der Waals surface area contributed by atoms with Crippen molar-refractivity contribution in [3.05, 3.63) is 35.3 Å². The average molecular weight is 346 g/mol. The molecule has 25 heavy (non-hydrogen) atoms. The average Bonchev–Trinajstić information content (AvgIpc) is 2.95. The Bertz CT molecular complexity index is 675. The molecule has 0 spiro atoms. The lowest BCUT2D eigenvalue weighted by atomic mass is 9.95. The van der Waals surface area contributed by atoms with E-state index in [9.17, 15) is 4.39 Å². The van der Waals surface area contributed by atoms with Gasteiger partial charge in [-0.05, 0) is 38.3 Å². The van der Waals surface area contributed by atoms with Gasteiger partial charge in [0.1, 0.15) is 17.7 Å². The van der Waals surface area contributed by atoms with Gasteiger partial charge in [0.05, 0.1) is 12.2 Å². The molecule has 6 heteroatoms. The van der Waals surface area contributed by atoms with Crippen molar-refractivity contribution >= 4 is 11.9 Å². The number of hydrogen-bond acceptors (Lipinski definition) is 5. The zero-order chi connectivity index (χ0) is 18.0. The van der Waals surface area contributed by atoms with Crippen LogP contribution in [0.2, 0.25) is 0 Å². The van der Waals surface area contributed by atoms with E-state index in [-0.39, 0.29) is 11.9 Å². The Morgan fingerprint density at radius 2 is 2.20 bits per heavy atom. The molecule has 136 valence electrons. The third-order valence-electron chi connectivity index (χ3n) is 5.04. The lowest BCUT2D eigenvalue weighted by Gasteiger charge is -2.35. The summed E-state index contributed by atoms with van der Waals surface area (Å²) in [7, 11) is 0. The van der Waals surface area contributed by atoms with Crippen LogP contribution in [-0.2, 0) is 0 Å². The van der Waals surface area contributed by atoms with Crippen molar-refractivity contribution in [2.45, 2.75) is 51.3 Å². The van der Waals surface area contributed by atoms with Crippen molar-refractivity contribution in [3.8, 4) is 5.75 Å². The molecule has 1 aromatic rings. The highest BCUT2D eigenvalue weighted by Crippen LogP contribution is 2.34. The van der Waals surface area contributed by atoms with Gasteiger partial charge in [-0.2, -0.15) is 0 Å². The smallest absolute Gasteiger partial charge is 0.145 e. The number of halogens is 1. The number of anilines is 1. The van der Waals surface area contributed by atoms with Gasteiger partial charge >= 0.3 is 0 Å². The van der Waals surface area contributed by atoms with E-state index in [1.54, 1.807) is 6.07 Å². The number of ether oxygens (including phenoxy) is 1. The largest absolute Gasteiger partial charge is 0.488 e. The highest BCUT2D eigenvalue weighted by atomic mass is 19.1. The van der Waals surface area contributed by atoms with Crippen LogP contribution in [0, 0.1) is 11.2 Å². The predicted octanol–water partition coefficient (Wildman–Crippen LogP) is 2.81. The molecule has 2 aliphatic heterocycles. The maximum absolute atomic E-state index is 13.8. The quantitative estimate of drug-likeness (QED) is 0.717. The van der Waals surface area contributed by atoms with Crippen LogP contribution in [0.5, 0.6) is 5.75 Å². The van der Waals surface area contributed by atoms with E-state index in [0.29, 0.717) is 36.6 Å². The Morgan fingerprint density at radius 1 is 1.40 bits per heavy atom. The maximum Gasteiger partial charge on any atom is 0.145 e. The second kappa shape index (κ2) is 7.44. The number of rotatable bonds is 5. The van der Waals surface area contributed by atoms with E-state index in [2.05, 4.69) is 19.2 Å². The SMILES string of the molecule is CCC1CC(Oc2cc(F)ccc2N2CC(N)=C(C=N)C2)CC(C)N1. The van der Waals surface area contributed by atoms with Crippen LogP contribution in [0.3, 0.4) is 0 Å². The molecule has 3 atom stereocenters. The van der Waals surface area contributed by atoms with Crippen LogP contribution >= 0.6 is 0 Å². The first-order valence-corrected chi connectivity index (χ1v) is 8.95. The molecule has 4 N–H and O–H groups in total. The van der Waals surface area contributed by atoms with Crippen molar-refractivity contribution in [2.75, 3.05) is 18.0 Å². The molecule has 0 radical (unpaired) electrons. The minimum absolute atomic E-state index is 0.0665. The highest BCUT2D eigenvalue weighted by molar-refractivity contribution is 5.81. The van der Waals surface area contributed by atoms with Gasteiger partial charge in [0.2, 0.25) is 0 Å². The highest BCUT2D eigenvalue weighted by Gasteiger charge is 2.28. The molecule has 0 saturated carbocycles. The lowest BCUT2D eigenvalue weighted by molar-refractivity contribution is 0.118. The molecule has 0 aliphatic carbocycles. The molecular weight excluding hydrogens is 319 g/mol. The molecular formula is C19H27FN4O. The second-order valence-corrected chi connectivity index (χ2v) is 7.05. The van der Waals surface area contributed by atoms with Gasteiger partial charge in [0, 0.05) is 42.2 Å². The van der Waals surface area contributed by atoms with Crippen LogP contribution in [0.4, 0.5) is 10.1 Å². The molecule has 3 unspecified atom stereocenters.